The number of hydrogen-bond donors (Lipinski definition) is 0. The lowest BCUT2D eigenvalue weighted by Crippen LogP contribution is -2.40. The molecule has 17 nitrogen and oxygen atoms in total. The van der Waals surface area contributed by atoms with E-state index in [1.54, 1.807) is 54.7 Å². The smallest absolute Gasteiger partial charge is 0.366 e. The summed E-state index contributed by atoms with van der Waals surface area (Å²) in [4.78, 5) is 66.3. The molecular weight excluding hydrogens is 1130 g/mol. The highest BCUT2D eigenvalue weighted by Gasteiger charge is 2.30. The predicted molar refractivity (Wildman–Crippen MR) is 332 cm³/mol. The van der Waals surface area contributed by atoms with Crippen LogP contribution in [0.3, 0.4) is 0 Å². The summed E-state index contributed by atoms with van der Waals surface area (Å²) in [7, 11) is 2.00. The molecule has 468 valence electrons. The van der Waals surface area contributed by atoms with Crippen molar-refractivity contribution in [1.82, 2.24) is 9.99 Å². The minimum absolute atomic E-state index is 0.150. The first-order valence-electron chi connectivity index (χ1n) is 30.5. The van der Waals surface area contributed by atoms with E-state index in [1.165, 1.54) is 0 Å². The molecule has 1 aromatic heterocycles. The highest BCUT2D eigenvalue weighted by molar-refractivity contribution is 7.22. The molecule has 0 N–H and O–H groups in total. The molecule has 87 heavy (non-hydrogen) atoms. The van der Waals surface area contributed by atoms with Crippen LogP contribution < -0.4 is 33.4 Å². The molecule has 5 aromatic rings. The van der Waals surface area contributed by atoms with Gasteiger partial charge in [-0.15, -0.1) is 0 Å². The van der Waals surface area contributed by atoms with E-state index < -0.39 is 17.8 Å². The van der Waals surface area contributed by atoms with E-state index in [0.717, 1.165) is 103 Å². The Morgan fingerprint density at radius 3 is 1.61 bits per heavy atom. The second-order valence-corrected chi connectivity index (χ2v) is 23.2. The fourth-order valence-corrected chi connectivity index (χ4v) is 11.3. The Balaban J connectivity index is 0.888. The number of nitrogens with zero attached hydrogens (tertiary/aromatic N) is 3. The van der Waals surface area contributed by atoms with E-state index in [-0.39, 0.29) is 54.8 Å². The first kappa shape index (κ1) is 66.8. The molecule has 0 bridgehead atoms. The molecule has 0 atom stereocenters. The van der Waals surface area contributed by atoms with Gasteiger partial charge < -0.3 is 42.6 Å². The summed E-state index contributed by atoms with van der Waals surface area (Å²) in [6.45, 7) is 15.4. The molecule has 0 saturated heterocycles. The van der Waals surface area contributed by atoms with Crippen molar-refractivity contribution in [3.63, 3.8) is 0 Å². The SMILES string of the molecule is C=CC(=O)OCCCN(c1nc2ccccc2s1)N(C)Cc1cc(OCC2CCC(C(=O)Oc3ccc(OCCCCCCOC(=O)C(=C)C)cc3)CC2)ccc1OCC1CCC(C(=O)Oc2ccc(OCCCCCCOC(=O)C(=C)F)cc2)CC1. The Morgan fingerprint density at radius 2 is 1.08 bits per heavy atom. The van der Waals surface area contributed by atoms with E-state index in [0.29, 0.717) is 119 Å². The van der Waals surface area contributed by atoms with Crippen LogP contribution in [0.4, 0.5) is 9.52 Å². The Labute approximate surface area is 514 Å². The number of rotatable bonds is 37. The standard InChI is InChI=1S/C68H84FN3O14S/c1-6-63(73)80-43-17-38-72(68-70-60-18-11-12-19-62(60)87-68)71(5)45-54-44-59(83-46-50-20-24-52(25-21-50)66(76)85-57-32-28-55(29-33-57)78-39-13-7-9-15-41-81-64(74)48(2)3)36-37-61(54)84-47-51-22-26-53(27-23-51)67(77)86-58-34-30-56(31-35-58)79-40-14-8-10-16-42-82-65(75)49(4)69/h6,11-12,18-19,28-37,44,50-53H,1-2,4,7-10,13-17,20-27,38-43,45-47H2,3,5H3. The van der Waals surface area contributed by atoms with Crippen LogP contribution in [0.25, 0.3) is 10.2 Å². The average molecular weight is 1220 g/mol. The molecule has 2 aliphatic carbocycles. The monoisotopic (exact) mass is 1220 g/mol. The van der Waals surface area contributed by atoms with Crippen LogP contribution in [0.2, 0.25) is 0 Å². The first-order chi connectivity index (χ1) is 42.2. The number of hydrogen-bond acceptors (Lipinski definition) is 18. The van der Waals surface area contributed by atoms with E-state index in [4.69, 9.17) is 47.6 Å². The van der Waals surface area contributed by atoms with Crippen molar-refractivity contribution >= 4 is 56.5 Å². The van der Waals surface area contributed by atoms with Crippen LogP contribution >= 0.6 is 11.3 Å². The lowest BCUT2D eigenvalue weighted by Gasteiger charge is -2.32. The minimum Gasteiger partial charge on any atom is -0.494 e. The summed E-state index contributed by atoms with van der Waals surface area (Å²) in [5.41, 5.74) is 2.20. The summed E-state index contributed by atoms with van der Waals surface area (Å²) in [6.07, 6.45) is 14.4. The maximum Gasteiger partial charge on any atom is 0.366 e. The third kappa shape index (κ3) is 22.8. The molecule has 0 radical (unpaired) electrons. The number of para-hydroxylation sites is 1. The van der Waals surface area contributed by atoms with Crippen LogP contribution in [0, 0.1) is 23.7 Å². The van der Waals surface area contributed by atoms with E-state index in [2.05, 4.69) is 29.8 Å². The number of anilines is 1. The van der Waals surface area contributed by atoms with E-state index in [1.807, 2.05) is 61.6 Å². The number of benzene rings is 4. The van der Waals surface area contributed by atoms with Gasteiger partial charge in [0, 0.05) is 43.8 Å². The van der Waals surface area contributed by atoms with E-state index >= 15 is 0 Å². The second-order valence-electron chi connectivity index (χ2n) is 22.2. The first-order valence-corrected chi connectivity index (χ1v) is 31.3. The third-order valence-electron chi connectivity index (χ3n) is 15.3. The van der Waals surface area contributed by atoms with Crippen LogP contribution in [0.15, 0.2) is 128 Å². The number of hydrazine groups is 1. The Bertz CT molecular complexity index is 2990. The number of fused-ring (bicyclic) bond motifs is 1. The number of ether oxygens (including phenoxy) is 9. The number of esters is 5. The van der Waals surface area contributed by atoms with Gasteiger partial charge >= 0.3 is 29.8 Å². The van der Waals surface area contributed by atoms with Gasteiger partial charge in [0.25, 0.3) is 0 Å². The number of thiazole rings is 1. The maximum atomic E-state index is 13.4. The molecule has 0 aliphatic heterocycles. The fraction of sp³-hybridized carbons (Fsp3) is 0.471. The van der Waals surface area contributed by atoms with Crippen LogP contribution in [-0.2, 0) is 44.7 Å². The van der Waals surface area contributed by atoms with Crippen molar-refractivity contribution in [3.8, 4) is 34.5 Å². The van der Waals surface area contributed by atoms with Gasteiger partial charge in [0.1, 0.15) is 34.5 Å². The summed E-state index contributed by atoms with van der Waals surface area (Å²) < 4.78 is 65.7. The molecule has 2 aliphatic rings. The zero-order chi connectivity index (χ0) is 61.8. The summed E-state index contributed by atoms with van der Waals surface area (Å²) in [6, 6.07) is 28.1. The molecule has 2 fully saturated rings. The minimum atomic E-state index is -1.10. The van der Waals surface area contributed by atoms with Gasteiger partial charge in [-0.25, -0.2) is 24.4 Å². The molecule has 0 spiro atoms. The molecule has 0 unspecified atom stereocenters. The quantitative estimate of drug-likeness (QED) is 0.00911. The number of halogens is 1. The largest absolute Gasteiger partial charge is 0.494 e. The highest BCUT2D eigenvalue weighted by Crippen LogP contribution is 2.36. The number of carbonyl (C=O) groups is 5. The van der Waals surface area contributed by atoms with E-state index in [9.17, 15) is 28.4 Å². The Kier molecular flexibility index (Phi) is 27.4. The number of aromatic nitrogens is 1. The molecular formula is C68H84FN3O14S. The number of unbranched alkanes of at least 4 members (excludes halogenated alkanes) is 6. The molecule has 19 heteroatoms. The highest BCUT2D eigenvalue weighted by atomic mass is 32.1. The van der Waals surface area contributed by atoms with Crippen LogP contribution in [-0.4, -0.2) is 99.7 Å². The summed E-state index contributed by atoms with van der Waals surface area (Å²) in [5.74, 6) is 0.360. The van der Waals surface area contributed by atoms with Crippen molar-refractivity contribution in [2.75, 3.05) is 64.8 Å². The lowest BCUT2D eigenvalue weighted by molar-refractivity contribution is -0.141. The molecule has 0 amide bonds. The molecule has 1 heterocycles. The molecule has 7 rings (SSSR count). The van der Waals surface area contributed by atoms with Crippen molar-refractivity contribution in [3.05, 3.63) is 134 Å². The third-order valence-corrected chi connectivity index (χ3v) is 16.4. The van der Waals surface area contributed by atoms with Gasteiger partial charge in [0.15, 0.2) is 0 Å². The van der Waals surface area contributed by atoms with Crippen molar-refractivity contribution < 1.29 is 71.0 Å². The predicted octanol–water partition coefficient (Wildman–Crippen LogP) is 13.9. The zero-order valence-corrected chi connectivity index (χ0v) is 51.2. The van der Waals surface area contributed by atoms with Gasteiger partial charge in [0.2, 0.25) is 11.0 Å². The second kappa shape index (κ2) is 35.8. The zero-order valence-electron chi connectivity index (χ0n) is 50.4. The fourth-order valence-electron chi connectivity index (χ4n) is 10.3. The molecule has 2 saturated carbocycles. The van der Waals surface area contributed by atoms with Gasteiger partial charge in [-0.05, 0) is 200 Å². The lowest BCUT2D eigenvalue weighted by atomic mass is 9.82. The summed E-state index contributed by atoms with van der Waals surface area (Å²) in [5, 5.41) is 5.01. The van der Waals surface area contributed by atoms with Crippen LogP contribution in [0.1, 0.15) is 122 Å². The van der Waals surface area contributed by atoms with Crippen molar-refractivity contribution in [2.45, 2.75) is 123 Å². The summed E-state index contributed by atoms with van der Waals surface area (Å²) >= 11 is 1.59. The average Bonchev–Trinajstić information content (AvgIpc) is 3.01. The van der Waals surface area contributed by atoms with Crippen LogP contribution in [0.5, 0.6) is 34.5 Å². The van der Waals surface area contributed by atoms with Gasteiger partial charge in [-0.3, -0.25) is 14.6 Å². The normalized spacial score (nSPS) is 16.5. The Morgan fingerprint density at radius 1 is 0.586 bits per heavy atom. The van der Waals surface area contributed by atoms with Gasteiger partial charge in [-0.1, -0.05) is 43.2 Å². The number of carbonyl (C=O) groups excluding carboxylic acids is 5. The maximum absolute atomic E-state index is 13.4. The van der Waals surface area contributed by atoms with Crippen molar-refractivity contribution in [1.29, 1.82) is 0 Å². The van der Waals surface area contributed by atoms with Crippen molar-refractivity contribution in [2.24, 2.45) is 23.7 Å². The van der Waals surface area contributed by atoms with Gasteiger partial charge in [0.05, 0.1) is 68.3 Å². The Hall–Kier alpha value is -7.77. The topological polar surface area (TPSA) is 188 Å². The van der Waals surface area contributed by atoms with Gasteiger partial charge in [-0.2, -0.15) is 4.39 Å². The molecule has 4 aromatic carbocycles.